The number of nitrogens with one attached hydrogen (secondary N) is 3. The molecule has 3 aromatic carbocycles. The highest BCUT2D eigenvalue weighted by molar-refractivity contribution is 7.81. The normalized spacial score (nSPS) is 19.6. The average molecular weight is 825 g/mol. The van der Waals surface area contributed by atoms with Gasteiger partial charge >= 0.3 is 6.18 Å². The van der Waals surface area contributed by atoms with E-state index in [0.717, 1.165) is 17.0 Å². The number of thiocarbonyl (C=S) groups is 1. The number of imide groups is 1. The summed E-state index contributed by atoms with van der Waals surface area (Å²) in [6.45, 7) is 8.69. The van der Waals surface area contributed by atoms with Gasteiger partial charge in [0.15, 0.2) is 5.11 Å². The molecule has 13 nitrogen and oxygen atoms in total. The zero-order valence-electron chi connectivity index (χ0n) is 31.3. The monoisotopic (exact) mass is 824 g/mol. The molecule has 0 saturated carbocycles. The molecule has 3 aliphatic rings. The summed E-state index contributed by atoms with van der Waals surface area (Å²) in [5.74, 6) is -0.985. The third kappa shape index (κ3) is 8.99. The van der Waals surface area contributed by atoms with Gasteiger partial charge in [0.05, 0.1) is 33.9 Å². The minimum Gasteiger partial charge on any atom is -0.491 e. The van der Waals surface area contributed by atoms with Gasteiger partial charge in [-0.3, -0.25) is 39.2 Å². The van der Waals surface area contributed by atoms with E-state index in [1.54, 1.807) is 56.3 Å². The van der Waals surface area contributed by atoms with Crippen molar-refractivity contribution >= 4 is 75.3 Å². The predicted molar refractivity (Wildman–Crippen MR) is 212 cm³/mol. The maximum absolute atomic E-state index is 13.7. The summed E-state index contributed by atoms with van der Waals surface area (Å²) in [4.78, 5) is 57.2. The SMILES string of the molecule is C[C@@H](C(=O)Nc1cccc(NC2CCC(=O)NC2=O)c1)N1CCN(CCOc2ccc(N3C(=S)N(c4ccc(C#N)c(C(F)(F)F)c4)C(=O)C3(C)C)cc2Cl)CC1. The zero-order chi connectivity index (χ0) is 41.2. The molecule has 0 radical (unpaired) electrons. The van der Waals surface area contributed by atoms with Crippen LogP contribution in [0.5, 0.6) is 5.75 Å². The highest BCUT2D eigenvalue weighted by Crippen LogP contribution is 2.41. The van der Waals surface area contributed by atoms with Crippen molar-refractivity contribution in [3.8, 4) is 11.8 Å². The van der Waals surface area contributed by atoms with Gasteiger partial charge in [-0.05, 0) is 94.0 Å². The van der Waals surface area contributed by atoms with Gasteiger partial charge in [0, 0.05) is 56.2 Å². The summed E-state index contributed by atoms with van der Waals surface area (Å²) in [6, 6.07) is 15.6. The summed E-state index contributed by atoms with van der Waals surface area (Å²) in [5.41, 5.74) is -1.45. The second kappa shape index (κ2) is 16.7. The van der Waals surface area contributed by atoms with Crippen LogP contribution < -0.4 is 30.5 Å². The molecule has 0 spiro atoms. The number of piperazine rings is 1. The van der Waals surface area contributed by atoms with Crippen LogP contribution in [-0.2, 0) is 25.4 Å². The molecular formula is C39H40ClF3N8O5S. The number of nitriles is 1. The quantitative estimate of drug-likeness (QED) is 0.169. The molecule has 3 aliphatic heterocycles. The van der Waals surface area contributed by atoms with Crippen molar-refractivity contribution in [3.63, 3.8) is 0 Å². The molecule has 1 unspecified atom stereocenters. The van der Waals surface area contributed by atoms with Gasteiger partial charge in [0.25, 0.3) is 5.91 Å². The number of halogens is 4. The fourth-order valence-electron chi connectivity index (χ4n) is 7.00. The van der Waals surface area contributed by atoms with E-state index in [1.165, 1.54) is 17.0 Å². The van der Waals surface area contributed by atoms with Crippen LogP contribution >= 0.6 is 23.8 Å². The Hall–Kier alpha value is -5.28. The highest BCUT2D eigenvalue weighted by Gasteiger charge is 2.51. The molecule has 2 atom stereocenters. The Morgan fingerprint density at radius 2 is 1.75 bits per heavy atom. The number of benzene rings is 3. The zero-order valence-corrected chi connectivity index (χ0v) is 32.9. The van der Waals surface area contributed by atoms with Gasteiger partial charge < -0.3 is 20.3 Å². The lowest BCUT2D eigenvalue weighted by molar-refractivity contribution is -0.138. The Morgan fingerprint density at radius 3 is 2.42 bits per heavy atom. The number of hydrogen-bond donors (Lipinski definition) is 3. The van der Waals surface area contributed by atoms with Crippen molar-refractivity contribution in [3.05, 3.63) is 76.8 Å². The fraction of sp³-hybridized carbons (Fsp3) is 0.385. The maximum atomic E-state index is 13.7. The van der Waals surface area contributed by atoms with Gasteiger partial charge in [-0.15, -0.1) is 0 Å². The number of amides is 4. The number of anilines is 4. The lowest BCUT2D eigenvalue weighted by Gasteiger charge is -2.37. The molecule has 0 aromatic heterocycles. The van der Waals surface area contributed by atoms with Crippen molar-refractivity contribution in [1.82, 2.24) is 15.1 Å². The van der Waals surface area contributed by atoms with Crippen LogP contribution in [0.4, 0.5) is 35.9 Å². The fourth-order valence-corrected chi connectivity index (χ4v) is 7.75. The smallest absolute Gasteiger partial charge is 0.417 e. The third-order valence-electron chi connectivity index (χ3n) is 10.2. The third-order valence-corrected chi connectivity index (χ3v) is 10.9. The first-order valence-electron chi connectivity index (χ1n) is 18.2. The molecule has 57 heavy (non-hydrogen) atoms. The van der Waals surface area contributed by atoms with Crippen LogP contribution in [0.1, 0.15) is 44.7 Å². The first-order chi connectivity index (χ1) is 27.0. The average Bonchev–Trinajstić information content (AvgIpc) is 3.34. The van der Waals surface area contributed by atoms with Crippen LogP contribution in [0.2, 0.25) is 5.02 Å². The second-order valence-electron chi connectivity index (χ2n) is 14.4. The summed E-state index contributed by atoms with van der Waals surface area (Å²) >= 11 is 12.3. The number of carbonyl (C=O) groups excluding carboxylic acids is 4. The predicted octanol–water partition coefficient (Wildman–Crippen LogP) is 5.39. The van der Waals surface area contributed by atoms with Gasteiger partial charge in [0.1, 0.15) is 23.9 Å². The van der Waals surface area contributed by atoms with Crippen molar-refractivity contribution in [2.75, 3.05) is 59.8 Å². The molecule has 6 rings (SSSR count). The van der Waals surface area contributed by atoms with Crippen LogP contribution in [0.25, 0.3) is 0 Å². The van der Waals surface area contributed by atoms with Crippen molar-refractivity contribution < 1.29 is 37.1 Å². The standard InChI is InChI=1S/C39H40ClF3N8O5S/c1-23(34(53)46-26-6-4-5-25(19-26)45-31-10-12-33(52)47-35(31)54)49-15-13-48(14-16-49)17-18-56-32-11-9-28(21-30(32)40)51-37(57)50(36(55)38(51,2)3)27-8-7-24(22-44)29(20-27)39(41,42)43/h4-9,11,19-21,23,31,45H,10,12-18H2,1-3H3,(H,46,53)(H,47,52,54)/t23-,31?/m0/s1. The number of carbonyl (C=O) groups is 4. The minimum absolute atomic E-state index is 0.0490. The Balaban J connectivity index is 0.991. The Labute approximate surface area is 337 Å². The van der Waals surface area contributed by atoms with Gasteiger partial charge in [0.2, 0.25) is 17.7 Å². The number of rotatable bonds is 11. The second-order valence-corrected chi connectivity index (χ2v) is 15.2. The van der Waals surface area contributed by atoms with E-state index in [4.69, 9.17) is 28.6 Å². The molecule has 0 aliphatic carbocycles. The van der Waals surface area contributed by atoms with E-state index >= 15 is 0 Å². The number of hydrogen-bond acceptors (Lipinski definition) is 10. The van der Waals surface area contributed by atoms with Crippen molar-refractivity contribution in [1.29, 1.82) is 5.26 Å². The van der Waals surface area contributed by atoms with E-state index in [-0.39, 0.29) is 40.0 Å². The Morgan fingerprint density at radius 1 is 1.05 bits per heavy atom. The molecule has 3 heterocycles. The maximum Gasteiger partial charge on any atom is 0.417 e. The van der Waals surface area contributed by atoms with E-state index in [2.05, 4.69) is 25.8 Å². The largest absolute Gasteiger partial charge is 0.491 e. The van der Waals surface area contributed by atoms with Crippen LogP contribution in [0.3, 0.4) is 0 Å². The van der Waals surface area contributed by atoms with Crippen molar-refractivity contribution in [2.45, 2.75) is 57.4 Å². The summed E-state index contributed by atoms with van der Waals surface area (Å²) in [6.07, 6.45) is -4.17. The molecule has 4 amide bonds. The lowest BCUT2D eigenvalue weighted by atomic mass is 10.0. The van der Waals surface area contributed by atoms with Gasteiger partial charge in [-0.1, -0.05) is 17.7 Å². The van der Waals surface area contributed by atoms with E-state index in [0.29, 0.717) is 68.6 Å². The van der Waals surface area contributed by atoms with E-state index < -0.39 is 40.8 Å². The highest BCUT2D eigenvalue weighted by atomic mass is 35.5. The number of alkyl halides is 3. The minimum atomic E-state index is -4.81. The molecule has 0 bridgehead atoms. The van der Waals surface area contributed by atoms with Gasteiger partial charge in [-0.25, -0.2) is 0 Å². The Kier molecular flexibility index (Phi) is 12.1. The molecule has 3 saturated heterocycles. The molecular weight excluding hydrogens is 785 g/mol. The van der Waals surface area contributed by atoms with E-state index in [1.807, 2.05) is 6.92 Å². The topological polar surface area (TPSA) is 150 Å². The first kappa shape index (κ1) is 41.4. The Bertz CT molecular complexity index is 2140. The summed E-state index contributed by atoms with van der Waals surface area (Å²) in [7, 11) is 0. The molecule has 3 aromatic rings. The number of piperidine rings is 1. The molecule has 300 valence electrons. The van der Waals surface area contributed by atoms with Crippen molar-refractivity contribution in [2.24, 2.45) is 0 Å². The van der Waals surface area contributed by atoms with Crippen LogP contribution in [-0.4, -0.2) is 95.5 Å². The van der Waals surface area contributed by atoms with Crippen LogP contribution in [0.15, 0.2) is 60.7 Å². The molecule has 3 fully saturated rings. The number of nitrogens with zero attached hydrogens (tertiary/aromatic N) is 5. The van der Waals surface area contributed by atoms with Crippen LogP contribution in [0, 0.1) is 11.3 Å². The number of ether oxygens (including phenoxy) is 1. The van der Waals surface area contributed by atoms with E-state index in [9.17, 15) is 37.6 Å². The lowest BCUT2D eigenvalue weighted by Crippen LogP contribution is -2.53. The van der Waals surface area contributed by atoms with Gasteiger partial charge in [-0.2, -0.15) is 18.4 Å². The molecule has 18 heteroatoms. The first-order valence-corrected chi connectivity index (χ1v) is 19.0. The molecule has 3 N–H and O–H groups in total. The summed E-state index contributed by atoms with van der Waals surface area (Å²) < 4.78 is 47.2. The summed E-state index contributed by atoms with van der Waals surface area (Å²) in [5, 5.41) is 17.8.